The Hall–Kier alpha value is -3.32. The lowest BCUT2D eigenvalue weighted by Gasteiger charge is -2.14. The van der Waals surface area contributed by atoms with Gasteiger partial charge in [-0.1, -0.05) is 23.4 Å². The average molecular weight is 363 g/mol. The molecule has 1 heterocycles. The molecule has 0 aliphatic rings. The summed E-state index contributed by atoms with van der Waals surface area (Å²) in [4.78, 5) is 14.0. The minimum Gasteiger partial charge on any atom is -0.361 e. The standard InChI is InChI=1S/C20H21N5O2/c1-15-12-19(24-27-15)13-25(2)14-20(26)21-16-8-10-18(11-9-16)23-22-17-6-4-3-5-7-17/h3-12H,13-14H2,1-2H3,(H,21,26). The lowest BCUT2D eigenvalue weighted by Crippen LogP contribution is -2.29. The molecule has 2 aromatic carbocycles. The van der Waals surface area contributed by atoms with Crippen molar-refractivity contribution in [1.82, 2.24) is 10.1 Å². The number of aromatic nitrogens is 1. The smallest absolute Gasteiger partial charge is 0.238 e. The van der Waals surface area contributed by atoms with Crippen LogP contribution in [0.25, 0.3) is 0 Å². The van der Waals surface area contributed by atoms with E-state index >= 15 is 0 Å². The molecule has 1 amide bonds. The number of nitrogens with one attached hydrogen (secondary N) is 1. The Bertz CT molecular complexity index is 904. The van der Waals surface area contributed by atoms with E-state index in [0.29, 0.717) is 12.2 Å². The van der Waals surface area contributed by atoms with E-state index in [9.17, 15) is 4.79 Å². The summed E-state index contributed by atoms with van der Waals surface area (Å²) in [6.45, 7) is 2.64. The summed E-state index contributed by atoms with van der Waals surface area (Å²) in [5.41, 5.74) is 3.02. The van der Waals surface area contributed by atoms with Gasteiger partial charge < -0.3 is 9.84 Å². The molecule has 0 radical (unpaired) electrons. The molecule has 0 saturated carbocycles. The Morgan fingerprint density at radius 2 is 1.74 bits per heavy atom. The molecule has 0 bridgehead atoms. The number of nitrogens with zero attached hydrogens (tertiary/aromatic N) is 4. The predicted octanol–water partition coefficient (Wildman–Crippen LogP) is 4.47. The first-order chi connectivity index (χ1) is 13.1. The Morgan fingerprint density at radius 1 is 1.07 bits per heavy atom. The highest BCUT2D eigenvalue weighted by molar-refractivity contribution is 5.92. The highest BCUT2D eigenvalue weighted by atomic mass is 16.5. The quantitative estimate of drug-likeness (QED) is 0.628. The molecule has 3 aromatic rings. The number of hydrogen-bond donors (Lipinski definition) is 1. The van der Waals surface area contributed by atoms with Crippen molar-refractivity contribution in [2.45, 2.75) is 13.5 Å². The summed E-state index contributed by atoms with van der Waals surface area (Å²) >= 11 is 0. The van der Waals surface area contributed by atoms with Crippen molar-refractivity contribution in [2.24, 2.45) is 10.2 Å². The van der Waals surface area contributed by atoms with Crippen molar-refractivity contribution in [3.63, 3.8) is 0 Å². The topological polar surface area (TPSA) is 83.1 Å². The van der Waals surface area contributed by atoms with Gasteiger partial charge in [0.15, 0.2) is 0 Å². The van der Waals surface area contributed by atoms with Crippen LogP contribution in [0.1, 0.15) is 11.5 Å². The number of amides is 1. The van der Waals surface area contributed by atoms with E-state index in [1.54, 1.807) is 12.1 Å². The molecule has 1 N–H and O–H groups in total. The first-order valence-corrected chi connectivity index (χ1v) is 8.56. The summed E-state index contributed by atoms with van der Waals surface area (Å²) in [5, 5.41) is 15.1. The fourth-order valence-corrected chi connectivity index (χ4v) is 2.49. The van der Waals surface area contributed by atoms with Crippen LogP contribution >= 0.6 is 0 Å². The van der Waals surface area contributed by atoms with Crippen LogP contribution in [0.2, 0.25) is 0 Å². The van der Waals surface area contributed by atoms with Crippen LogP contribution in [0.3, 0.4) is 0 Å². The maximum Gasteiger partial charge on any atom is 0.238 e. The van der Waals surface area contributed by atoms with Gasteiger partial charge in [-0.25, -0.2) is 0 Å². The van der Waals surface area contributed by atoms with Gasteiger partial charge >= 0.3 is 0 Å². The molecule has 0 fully saturated rings. The Labute approximate surface area is 157 Å². The molecule has 0 aliphatic heterocycles. The van der Waals surface area contributed by atoms with Crippen LogP contribution in [0.4, 0.5) is 17.1 Å². The van der Waals surface area contributed by atoms with Crippen molar-refractivity contribution < 1.29 is 9.32 Å². The Kier molecular flexibility index (Phi) is 6.06. The number of benzene rings is 2. The number of likely N-dealkylation sites (N-methyl/N-ethyl adjacent to an activating group) is 1. The molecule has 7 heteroatoms. The van der Waals surface area contributed by atoms with Crippen LogP contribution in [0, 0.1) is 6.92 Å². The zero-order chi connectivity index (χ0) is 19.1. The molecule has 3 rings (SSSR count). The lowest BCUT2D eigenvalue weighted by atomic mass is 10.3. The zero-order valence-electron chi connectivity index (χ0n) is 15.3. The lowest BCUT2D eigenvalue weighted by molar-refractivity contribution is -0.117. The average Bonchev–Trinajstić information content (AvgIpc) is 3.06. The van der Waals surface area contributed by atoms with Gasteiger partial charge in [0.2, 0.25) is 5.91 Å². The predicted molar refractivity (Wildman–Crippen MR) is 103 cm³/mol. The van der Waals surface area contributed by atoms with Crippen molar-refractivity contribution in [2.75, 3.05) is 18.9 Å². The third-order valence-electron chi connectivity index (χ3n) is 3.71. The third kappa shape index (κ3) is 5.86. The first-order valence-electron chi connectivity index (χ1n) is 8.56. The van der Waals surface area contributed by atoms with Crippen LogP contribution in [0.15, 0.2) is 75.4 Å². The largest absolute Gasteiger partial charge is 0.361 e. The highest BCUT2D eigenvalue weighted by Crippen LogP contribution is 2.20. The highest BCUT2D eigenvalue weighted by Gasteiger charge is 2.10. The molecule has 0 atom stereocenters. The van der Waals surface area contributed by atoms with Crippen LogP contribution < -0.4 is 5.32 Å². The van der Waals surface area contributed by atoms with Crippen molar-refractivity contribution in [3.05, 3.63) is 72.1 Å². The number of hydrogen-bond acceptors (Lipinski definition) is 6. The van der Waals surface area contributed by atoms with Crippen LogP contribution in [-0.4, -0.2) is 29.6 Å². The molecular formula is C20H21N5O2. The van der Waals surface area contributed by atoms with Gasteiger partial charge in [0.25, 0.3) is 0 Å². The molecule has 0 aliphatic carbocycles. The Morgan fingerprint density at radius 3 is 2.37 bits per heavy atom. The molecule has 0 saturated heterocycles. The van der Waals surface area contributed by atoms with Crippen LogP contribution in [0.5, 0.6) is 0 Å². The van der Waals surface area contributed by atoms with E-state index < -0.39 is 0 Å². The number of aryl methyl sites for hydroxylation is 1. The van der Waals surface area contributed by atoms with Gasteiger partial charge in [0, 0.05) is 18.3 Å². The fourth-order valence-electron chi connectivity index (χ4n) is 2.49. The molecule has 0 unspecified atom stereocenters. The monoisotopic (exact) mass is 363 g/mol. The minimum absolute atomic E-state index is 0.101. The minimum atomic E-state index is -0.101. The molecular weight excluding hydrogens is 342 g/mol. The number of carbonyl (C=O) groups is 1. The van der Waals surface area contributed by atoms with E-state index in [4.69, 9.17) is 4.52 Å². The number of carbonyl (C=O) groups excluding carboxylic acids is 1. The summed E-state index contributed by atoms with van der Waals surface area (Å²) < 4.78 is 5.03. The summed E-state index contributed by atoms with van der Waals surface area (Å²) in [7, 11) is 1.86. The van der Waals surface area contributed by atoms with Gasteiger partial charge in [-0.2, -0.15) is 10.2 Å². The second kappa shape index (κ2) is 8.86. The normalized spacial score (nSPS) is 11.2. The van der Waals surface area contributed by atoms with E-state index in [1.165, 1.54) is 0 Å². The molecule has 0 spiro atoms. The van der Waals surface area contributed by atoms with Crippen molar-refractivity contribution in [1.29, 1.82) is 0 Å². The van der Waals surface area contributed by atoms with Gasteiger partial charge in [-0.3, -0.25) is 9.69 Å². The molecule has 1 aromatic heterocycles. The maximum absolute atomic E-state index is 12.2. The summed E-state index contributed by atoms with van der Waals surface area (Å²) in [6, 6.07) is 18.6. The van der Waals surface area contributed by atoms with Gasteiger partial charge in [0.05, 0.1) is 23.6 Å². The van der Waals surface area contributed by atoms with Gasteiger partial charge in [0.1, 0.15) is 5.76 Å². The first kappa shape index (κ1) is 18.5. The SMILES string of the molecule is Cc1cc(CN(C)CC(=O)Nc2ccc(N=Nc3ccccc3)cc2)no1. The third-order valence-corrected chi connectivity index (χ3v) is 3.71. The van der Waals surface area contributed by atoms with Crippen molar-refractivity contribution in [3.8, 4) is 0 Å². The number of azo groups is 1. The molecule has 138 valence electrons. The molecule has 7 nitrogen and oxygen atoms in total. The van der Waals surface area contributed by atoms with Crippen LogP contribution in [-0.2, 0) is 11.3 Å². The number of anilines is 1. The van der Waals surface area contributed by atoms with E-state index in [2.05, 4.69) is 20.7 Å². The Balaban J connectivity index is 1.50. The maximum atomic E-state index is 12.2. The second-order valence-corrected chi connectivity index (χ2v) is 6.23. The molecule has 27 heavy (non-hydrogen) atoms. The summed E-state index contributed by atoms with van der Waals surface area (Å²) in [5.74, 6) is 0.656. The van der Waals surface area contributed by atoms with E-state index in [-0.39, 0.29) is 12.5 Å². The van der Waals surface area contributed by atoms with Crippen molar-refractivity contribution >= 4 is 23.0 Å². The second-order valence-electron chi connectivity index (χ2n) is 6.23. The summed E-state index contributed by atoms with van der Waals surface area (Å²) in [6.07, 6.45) is 0. The van der Waals surface area contributed by atoms with Gasteiger partial charge in [-0.15, -0.1) is 0 Å². The number of rotatable bonds is 7. The zero-order valence-corrected chi connectivity index (χ0v) is 15.3. The van der Waals surface area contributed by atoms with E-state index in [0.717, 1.165) is 22.8 Å². The van der Waals surface area contributed by atoms with E-state index in [1.807, 2.05) is 67.4 Å². The van der Waals surface area contributed by atoms with Gasteiger partial charge in [-0.05, 0) is 50.4 Å². The fraction of sp³-hybridized carbons (Fsp3) is 0.200.